The Hall–Kier alpha value is -0.540. The number of ether oxygens (including phenoxy) is 2. The maximum atomic E-state index is 6.01. The van der Waals surface area contributed by atoms with Gasteiger partial charge in [0, 0.05) is 17.9 Å². The Bertz CT molecular complexity index is 367. The first-order chi connectivity index (χ1) is 8.22. The normalized spacial score (nSPS) is 27.6. The third-order valence-corrected chi connectivity index (χ3v) is 3.96. The van der Waals surface area contributed by atoms with Crippen molar-refractivity contribution < 1.29 is 9.47 Å². The maximum absolute atomic E-state index is 6.01. The van der Waals surface area contributed by atoms with Gasteiger partial charge in [-0.25, -0.2) is 0 Å². The second-order valence-electron chi connectivity index (χ2n) is 4.51. The highest BCUT2D eigenvalue weighted by atomic mass is 79.9. The molecule has 94 valence electrons. The van der Waals surface area contributed by atoms with Crippen LogP contribution in [0.4, 0.5) is 0 Å². The zero-order valence-electron chi connectivity index (χ0n) is 10.4. The maximum Gasteiger partial charge on any atom is 0.127 e. The molecule has 17 heavy (non-hydrogen) atoms. The molecule has 1 saturated carbocycles. The van der Waals surface area contributed by atoms with E-state index in [1.165, 1.54) is 5.56 Å². The molecule has 0 spiro atoms. The monoisotopic (exact) mass is 298 g/mol. The molecule has 0 bridgehead atoms. The van der Waals surface area contributed by atoms with Gasteiger partial charge in [-0.15, -0.1) is 0 Å². The third-order valence-electron chi connectivity index (χ3n) is 3.07. The summed E-state index contributed by atoms with van der Waals surface area (Å²) in [7, 11) is 0. The molecule has 3 atom stereocenters. The Labute approximate surface area is 111 Å². The van der Waals surface area contributed by atoms with Crippen molar-refractivity contribution in [1.82, 2.24) is 0 Å². The quantitative estimate of drug-likeness (QED) is 0.772. The minimum atomic E-state index is 0.187. The Balaban J connectivity index is 1.93. The van der Waals surface area contributed by atoms with Crippen molar-refractivity contribution in [2.75, 3.05) is 6.61 Å². The first kappa shape index (κ1) is 12.9. The lowest BCUT2D eigenvalue weighted by Crippen LogP contribution is -2.52. The van der Waals surface area contributed by atoms with Crippen LogP contribution in [0.15, 0.2) is 24.3 Å². The lowest BCUT2D eigenvalue weighted by Gasteiger charge is -2.41. The van der Waals surface area contributed by atoms with Gasteiger partial charge in [-0.1, -0.05) is 41.1 Å². The third kappa shape index (κ3) is 3.02. The molecule has 0 radical (unpaired) electrons. The van der Waals surface area contributed by atoms with E-state index in [0.717, 1.165) is 25.2 Å². The minimum absolute atomic E-state index is 0.187. The van der Waals surface area contributed by atoms with Gasteiger partial charge in [0.2, 0.25) is 0 Å². The van der Waals surface area contributed by atoms with Gasteiger partial charge in [-0.2, -0.15) is 0 Å². The van der Waals surface area contributed by atoms with Crippen molar-refractivity contribution in [3.63, 3.8) is 0 Å². The van der Waals surface area contributed by atoms with Gasteiger partial charge in [0.05, 0.1) is 0 Å². The number of alkyl halides is 1. The van der Waals surface area contributed by atoms with Crippen LogP contribution in [0, 0.1) is 6.92 Å². The van der Waals surface area contributed by atoms with Crippen molar-refractivity contribution in [1.29, 1.82) is 0 Å². The van der Waals surface area contributed by atoms with Gasteiger partial charge in [0.15, 0.2) is 0 Å². The zero-order chi connectivity index (χ0) is 12.3. The van der Waals surface area contributed by atoms with Crippen LogP contribution in [0.3, 0.4) is 0 Å². The van der Waals surface area contributed by atoms with Crippen molar-refractivity contribution >= 4 is 15.9 Å². The second-order valence-corrected chi connectivity index (χ2v) is 5.69. The van der Waals surface area contributed by atoms with Crippen LogP contribution in [0.1, 0.15) is 25.3 Å². The molecule has 2 rings (SSSR count). The smallest absolute Gasteiger partial charge is 0.127 e. The molecule has 1 aromatic rings. The van der Waals surface area contributed by atoms with Crippen LogP contribution >= 0.6 is 15.9 Å². The summed E-state index contributed by atoms with van der Waals surface area (Å²) in [6.45, 7) is 5.00. The van der Waals surface area contributed by atoms with Gasteiger partial charge in [-0.3, -0.25) is 0 Å². The Morgan fingerprint density at radius 1 is 1.35 bits per heavy atom. The molecule has 3 unspecified atom stereocenters. The fourth-order valence-electron chi connectivity index (χ4n) is 1.96. The fraction of sp³-hybridized carbons (Fsp3) is 0.571. The van der Waals surface area contributed by atoms with Gasteiger partial charge in [0.1, 0.15) is 18.0 Å². The number of halogens is 1. The molecular formula is C14H19BrO2. The molecule has 3 heteroatoms. The average Bonchev–Trinajstić information content (AvgIpc) is 2.31. The number of para-hydroxylation sites is 1. The minimum Gasteiger partial charge on any atom is -0.487 e. The number of benzene rings is 1. The highest BCUT2D eigenvalue weighted by Gasteiger charge is 2.42. The van der Waals surface area contributed by atoms with Gasteiger partial charge in [0.25, 0.3) is 0 Å². The fourth-order valence-corrected chi connectivity index (χ4v) is 2.82. The van der Waals surface area contributed by atoms with Crippen molar-refractivity contribution in [3.8, 4) is 5.75 Å². The SMILES string of the molecule is CCCOC1C(Br)CC1Oc1ccccc1C. The highest BCUT2D eigenvalue weighted by Crippen LogP contribution is 2.35. The first-order valence-corrected chi connectivity index (χ1v) is 7.12. The standard InChI is InChI=1S/C14H19BrO2/c1-3-8-16-14-11(15)9-13(14)17-12-7-5-4-6-10(12)2/h4-7,11,13-14H,3,8-9H2,1-2H3. The summed E-state index contributed by atoms with van der Waals surface area (Å²) in [5.41, 5.74) is 1.18. The van der Waals surface area contributed by atoms with Crippen LogP contribution in [-0.2, 0) is 4.74 Å². The van der Waals surface area contributed by atoms with Gasteiger partial charge < -0.3 is 9.47 Å². The van der Waals surface area contributed by atoms with Gasteiger partial charge in [-0.05, 0) is 25.0 Å². The van der Waals surface area contributed by atoms with E-state index in [9.17, 15) is 0 Å². The molecule has 1 aliphatic carbocycles. The number of hydrogen-bond acceptors (Lipinski definition) is 2. The highest BCUT2D eigenvalue weighted by molar-refractivity contribution is 9.09. The Kier molecular flexibility index (Phi) is 4.46. The van der Waals surface area contributed by atoms with Crippen LogP contribution in [-0.4, -0.2) is 23.6 Å². The van der Waals surface area contributed by atoms with Crippen LogP contribution in [0.2, 0.25) is 0 Å². The lowest BCUT2D eigenvalue weighted by atomic mass is 9.91. The molecule has 0 heterocycles. The van der Waals surface area contributed by atoms with E-state index in [4.69, 9.17) is 9.47 Å². The van der Waals surface area contributed by atoms with Crippen molar-refractivity contribution in [3.05, 3.63) is 29.8 Å². The predicted octanol–water partition coefficient (Wildman–Crippen LogP) is 3.70. The first-order valence-electron chi connectivity index (χ1n) is 6.20. The molecular weight excluding hydrogens is 280 g/mol. The molecule has 0 aliphatic heterocycles. The summed E-state index contributed by atoms with van der Waals surface area (Å²) in [5.74, 6) is 0.974. The van der Waals surface area contributed by atoms with E-state index >= 15 is 0 Å². The number of hydrogen-bond donors (Lipinski definition) is 0. The molecule has 0 N–H and O–H groups in total. The molecule has 2 nitrogen and oxygen atoms in total. The molecule has 0 amide bonds. The molecule has 1 aromatic carbocycles. The summed E-state index contributed by atoms with van der Waals surface area (Å²) in [4.78, 5) is 0.433. The molecule has 0 aromatic heterocycles. The van der Waals surface area contributed by atoms with E-state index in [-0.39, 0.29) is 12.2 Å². The van der Waals surface area contributed by atoms with Gasteiger partial charge >= 0.3 is 0 Å². The lowest BCUT2D eigenvalue weighted by molar-refractivity contribution is -0.0764. The molecule has 1 aliphatic rings. The molecule has 0 saturated heterocycles. The summed E-state index contributed by atoms with van der Waals surface area (Å²) in [5, 5.41) is 0. The van der Waals surface area contributed by atoms with Crippen molar-refractivity contribution in [2.45, 2.75) is 43.7 Å². The number of aryl methyl sites for hydroxylation is 1. The largest absolute Gasteiger partial charge is 0.487 e. The molecule has 1 fully saturated rings. The van der Waals surface area contributed by atoms with Crippen molar-refractivity contribution in [2.24, 2.45) is 0 Å². The predicted molar refractivity (Wildman–Crippen MR) is 73.0 cm³/mol. The second kappa shape index (κ2) is 5.87. The van der Waals surface area contributed by atoms with E-state index in [1.54, 1.807) is 0 Å². The summed E-state index contributed by atoms with van der Waals surface area (Å²) in [6, 6.07) is 8.13. The van der Waals surface area contributed by atoms with E-state index in [1.807, 2.05) is 18.2 Å². The number of rotatable bonds is 5. The van der Waals surface area contributed by atoms with Crippen LogP contribution in [0.5, 0.6) is 5.75 Å². The van der Waals surface area contributed by atoms with E-state index < -0.39 is 0 Å². The summed E-state index contributed by atoms with van der Waals surface area (Å²) in [6.07, 6.45) is 2.44. The summed E-state index contributed by atoms with van der Waals surface area (Å²) >= 11 is 3.62. The summed E-state index contributed by atoms with van der Waals surface area (Å²) < 4.78 is 11.8. The average molecular weight is 299 g/mol. The van der Waals surface area contributed by atoms with E-state index in [0.29, 0.717) is 4.83 Å². The van der Waals surface area contributed by atoms with Crippen LogP contribution < -0.4 is 4.74 Å². The Morgan fingerprint density at radius 3 is 2.76 bits per heavy atom. The van der Waals surface area contributed by atoms with E-state index in [2.05, 4.69) is 35.8 Å². The zero-order valence-corrected chi connectivity index (χ0v) is 11.9. The van der Waals surface area contributed by atoms with Crippen LogP contribution in [0.25, 0.3) is 0 Å². The topological polar surface area (TPSA) is 18.5 Å². The Morgan fingerprint density at radius 2 is 2.12 bits per heavy atom.